The van der Waals surface area contributed by atoms with Crippen LogP contribution in [0.3, 0.4) is 0 Å². The molecule has 2 aromatic carbocycles. The minimum Gasteiger partial charge on any atom is -0.294 e. The van der Waals surface area contributed by atoms with E-state index in [2.05, 4.69) is 13.8 Å². The van der Waals surface area contributed by atoms with Crippen LogP contribution in [-0.4, -0.2) is 17.3 Å². The van der Waals surface area contributed by atoms with E-state index >= 15 is 0 Å². The number of Topliss-reactive ketones (excluding diaryl/α,β-unsaturated/α-hetero) is 2. The highest BCUT2D eigenvalue weighted by atomic mass is 35.5. The first kappa shape index (κ1) is 17.6. The SMILES string of the molecule is CC1(C)CC(=O)C2=C(C1)N=C1c3ccccc3C(=O)[C@@H]1[C@@H]2c1ccccc1Cl. The number of nitrogens with zero attached hydrogens (tertiary/aromatic N) is 1. The van der Waals surface area contributed by atoms with E-state index in [1.807, 2.05) is 48.5 Å². The summed E-state index contributed by atoms with van der Waals surface area (Å²) < 4.78 is 0. The Morgan fingerprint density at radius 1 is 0.929 bits per heavy atom. The van der Waals surface area contributed by atoms with Gasteiger partial charge in [0.15, 0.2) is 11.6 Å². The Labute approximate surface area is 169 Å². The molecule has 28 heavy (non-hydrogen) atoms. The third kappa shape index (κ3) is 2.46. The van der Waals surface area contributed by atoms with Crippen LogP contribution < -0.4 is 0 Å². The van der Waals surface area contributed by atoms with Crippen LogP contribution in [0.2, 0.25) is 5.02 Å². The summed E-state index contributed by atoms with van der Waals surface area (Å²) in [5, 5.41) is 0.585. The minimum atomic E-state index is -0.485. The lowest BCUT2D eigenvalue weighted by Crippen LogP contribution is -2.37. The largest absolute Gasteiger partial charge is 0.294 e. The van der Waals surface area contributed by atoms with Gasteiger partial charge in [0, 0.05) is 39.8 Å². The van der Waals surface area contributed by atoms with E-state index < -0.39 is 5.92 Å². The molecule has 0 unspecified atom stereocenters. The number of halogens is 1. The van der Waals surface area contributed by atoms with Crippen molar-refractivity contribution in [1.82, 2.24) is 0 Å². The van der Waals surface area contributed by atoms with Crippen molar-refractivity contribution in [2.45, 2.75) is 32.6 Å². The lowest BCUT2D eigenvalue weighted by molar-refractivity contribution is -0.118. The van der Waals surface area contributed by atoms with Crippen molar-refractivity contribution in [3.63, 3.8) is 0 Å². The van der Waals surface area contributed by atoms with E-state index in [1.54, 1.807) is 0 Å². The second kappa shape index (κ2) is 5.99. The smallest absolute Gasteiger partial charge is 0.173 e. The fourth-order valence-corrected chi connectivity index (χ4v) is 5.20. The Bertz CT molecular complexity index is 1110. The Hall–Kier alpha value is -2.52. The zero-order valence-corrected chi connectivity index (χ0v) is 16.6. The summed E-state index contributed by atoms with van der Waals surface area (Å²) in [5.74, 6) is -0.743. The van der Waals surface area contributed by atoms with E-state index in [-0.39, 0.29) is 22.9 Å². The molecule has 2 aliphatic carbocycles. The topological polar surface area (TPSA) is 46.5 Å². The van der Waals surface area contributed by atoms with Crippen LogP contribution in [0.4, 0.5) is 0 Å². The van der Waals surface area contributed by atoms with Gasteiger partial charge in [-0.05, 0) is 23.5 Å². The molecule has 0 spiro atoms. The fourth-order valence-electron chi connectivity index (χ4n) is 4.95. The van der Waals surface area contributed by atoms with Gasteiger partial charge in [-0.1, -0.05) is 67.9 Å². The summed E-state index contributed by atoms with van der Waals surface area (Å²) in [4.78, 5) is 31.5. The number of hydrogen-bond donors (Lipinski definition) is 0. The second-order valence-electron chi connectivity index (χ2n) is 8.69. The predicted octanol–water partition coefficient (Wildman–Crippen LogP) is 5.38. The van der Waals surface area contributed by atoms with Gasteiger partial charge in [-0.25, -0.2) is 0 Å². The van der Waals surface area contributed by atoms with Crippen LogP contribution >= 0.6 is 11.6 Å². The van der Waals surface area contributed by atoms with Crippen LogP contribution in [0.5, 0.6) is 0 Å². The van der Waals surface area contributed by atoms with Crippen LogP contribution in [0.25, 0.3) is 0 Å². The summed E-state index contributed by atoms with van der Waals surface area (Å²) in [7, 11) is 0. The molecule has 3 aliphatic rings. The first-order valence-electron chi connectivity index (χ1n) is 9.60. The number of carbonyl (C=O) groups is 2. The average molecular weight is 390 g/mol. The van der Waals surface area contributed by atoms with Crippen molar-refractivity contribution >= 4 is 28.9 Å². The van der Waals surface area contributed by atoms with Gasteiger partial charge >= 0.3 is 0 Å². The van der Waals surface area contributed by atoms with E-state index in [9.17, 15) is 9.59 Å². The molecule has 0 saturated heterocycles. The number of benzene rings is 2. The highest BCUT2D eigenvalue weighted by molar-refractivity contribution is 6.33. The number of hydrogen-bond acceptors (Lipinski definition) is 3. The van der Waals surface area contributed by atoms with Gasteiger partial charge in [0.25, 0.3) is 0 Å². The van der Waals surface area contributed by atoms with Gasteiger partial charge in [-0.2, -0.15) is 0 Å². The van der Waals surface area contributed by atoms with Gasteiger partial charge in [0.2, 0.25) is 0 Å². The third-order valence-corrected chi connectivity index (χ3v) is 6.43. The second-order valence-corrected chi connectivity index (χ2v) is 9.09. The zero-order chi connectivity index (χ0) is 19.6. The van der Waals surface area contributed by atoms with Crippen LogP contribution in [0, 0.1) is 11.3 Å². The van der Waals surface area contributed by atoms with E-state index in [0.717, 1.165) is 29.0 Å². The fraction of sp³-hybridized carbons (Fsp3) is 0.292. The van der Waals surface area contributed by atoms with Gasteiger partial charge in [0.1, 0.15) is 0 Å². The summed E-state index contributed by atoms with van der Waals surface area (Å²) >= 11 is 6.56. The molecular formula is C24H20ClNO2. The Balaban J connectivity index is 1.79. The van der Waals surface area contributed by atoms with Crippen molar-refractivity contribution in [1.29, 1.82) is 0 Å². The predicted molar refractivity (Wildman–Crippen MR) is 110 cm³/mol. The molecule has 0 bridgehead atoms. The monoisotopic (exact) mass is 389 g/mol. The average Bonchev–Trinajstić information content (AvgIpc) is 2.92. The van der Waals surface area contributed by atoms with Gasteiger partial charge in [0.05, 0.1) is 11.6 Å². The standard InChI is InChI=1S/C24H20ClNO2/c1-24(2)11-17-20(18(27)12-24)19(15-9-5-6-10-16(15)25)21-22(26-17)13-7-3-4-8-14(13)23(21)28/h3-10,19,21H,11-12H2,1-2H3/t19-,21-/m1/s1. The molecule has 1 aliphatic heterocycles. The lowest BCUT2D eigenvalue weighted by Gasteiger charge is -2.38. The molecule has 2 aromatic rings. The molecule has 0 aromatic heterocycles. The molecule has 0 radical (unpaired) electrons. The maximum atomic E-state index is 13.4. The van der Waals surface area contributed by atoms with Gasteiger partial charge < -0.3 is 0 Å². The number of carbonyl (C=O) groups excluding carboxylic acids is 2. The molecule has 2 atom stereocenters. The quantitative estimate of drug-likeness (QED) is 0.657. The number of rotatable bonds is 1. The lowest BCUT2D eigenvalue weighted by atomic mass is 9.66. The molecule has 4 heteroatoms. The van der Waals surface area contributed by atoms with Crippen LogP contribution in [-0.2, 0) is 4.79 Å². The van der Waals surface area contributed by atoms with Crippen molar-refractivity contribution < 1.29 is 9.59 Å². The van der Waals surface area contributed by atoms with Crippen molar-refractivity contribution in [3.05, 3.63) is 81.5 Å². The molecule has 0 fully saturated rings. The molecule has 140 valence electrons. The maximum absolute atomic E-state index is 13.4. The highest BCUT2D eigenvalue weighted by Crippen LogP contribution is 2.52. The molecule has 1 heterocycles. The van der Waals surface area contributed by atoms with Crippen LogP contribution in [0.1, 0.15) is 54.1 Å². The molecule has 3 nitrogen and oxygen atoms in total. The molecule has 0 amide bonds. The summed E-state index contributed by atoms with van der Waals surface area (Å²) in [6.45, 7) is 4.19. The summed E-state index contributed by atoms with van der Waals surface area (Å²) in [5.41, 5.74) is 4.56. The summed E-state index contributed by atoms with van der Waals surface area (Å²) in [6, 6.07) is 15.2. The zero-order valence-electron chi connectivity index (χ0n) is 15.8. The van der Waals surface area contributed by atoms with Gasteiger partial charge in [-0.3, -0.25) is 14.6 Å². The molecule has 5 rings (SSSR count). The van der Waals surface area contributed by atoms with Crippen molar-refractivity contribution in [2.24, 2.45) is 16.3 Å². The normalized spacial score (nSPS) is 25.2. The number of allylic oxidation sites excluding steroid dienone is 2. The number of aliphatic imine (C=N–C) groups is 1. The highest BCUT2D eigenvalue weighted by Gasteiger charge is 2.50. The Morgan fingerprint density at radius 3 is 2.36 bits per heavy atom. The maximum Gasteiger partial charge on any atom is 0.173 e. The molecule has 0 N–H and O–H groups in total. The van der Waals surface area contributed by atoms with Crippen LogP contribution in [0.15, 0.2) is 64.8 Å². The van der Waals surface area contributed by atoms with Crippen molar-refractivity contribution in [2.75, 3.05) is 0 Å². The van der Waals surface area contributed by atoms with E-state index in [0.29, 0.717) is 22.6 Å². The van der Waals surface area contributed by atoms with E-state index in [1.165, 1.54) is 0 Å². The molecular weight excluding hydrogens is 370 g/mol. The minimum absolute atomic E-state index is 0.0310. The number of fused-ring (bicyclic) bond motifs is 3. The van der Waals surface area contributed by atoms with Crippen molar-refractivity contribution in [3.8, 4) is 0 Å². The summed E-state index contributed by atoms with van der Waals surface area (Å²) in [6.07, 6.45) is 1.19. The third-order valence-electron chi connectivity index (χ3n) is 6.08. The Kier molecular flexibility index (Phi) is 3.76. The van der Waals surface area contributed by atoms with E-state index in [4.69, 9.17) is 16.6 Å². The number of ketones is 2. The molecule has 0 saturated carbocycles. The van der Waals surface area contributed by atoms with Gasteiger partial charge in [-0.15, -0.1) is 0 Å². The first-order valence-corrected chi connectivity index (χ1v) is 9.98. The Morgan fingerprint density at radius 2 is 1.61 bits per heavy atom. The first-order chi connectivity index (χ1) is 13.4.